The van der Waals surface area contributed by atoms with E-state index in [1.54, 1.807) is 6.92 Å². The Balaban J connectivity index is 3.36. The molecule has 1 rings (SSSR count). The number of hydrogen-bond donors (Lipinski definition) is 1. The summed E-state index contributed by atoms with van der Waals surface area (Å²) in [5.41, 5.74) is 5.05. The minimum Gasteiger partial charge on any atom is -0.493 e. The normalized spacial score (nSPS) is 9.76. The van der Waals surface area contributed by atoms with Crippen molar-refractivity contribution in [3.63, 3.8) is 0 Å². The molecule has 0 spiro atoms. The Morgan fingerprint density at radius 3 is 2.65 bits per heavy atom. The van der Waals surface area contributed by atoms with Gasteiger partial charge in [0.05, 0.1) is 18.6 Å². The monoisotopic (exact) mass is 240 g/mol. The number of methoxy groups -OCH3 is 1. The molecule has 1 aromatic rings. The Hall–Kier alpha value is -2.31. The van der Waals surface area contributed by atoms with Crippen LogP contribution in [0.1, 0.15) is 17.3 Å². The Labute approximate surface area is 97.3 Å². The van der Waals surface area contributed by atoms with Crippen molar-refractivity contribution >= 4 is 17.3 Å². The molecular formula is C10H12N2O5. The standard InChI is InChI=1S/C10H12N2O5/c1-3-17-9-5-7(11)8(12(14)15)4-6(9)10(13)16-2/h4-5H,3,11H2,1-2H3. The number of nitrogens with zero attached hydrogens (tertiary/aromatic N) is 1. The van der Waals surface area contributed by atoms with Crippen LogP contribution in [0.15, 0.2) is 12.1 Å². The Morgan fingerprint density at radius 2 is 2.18 bits per heavy atom. The summed E-state index contributed by atoms with van der Waals surface area (Å²) in [6.45, 7) is 2.03. The summed E-state index contributed by atoms with van der Waals surface area (Å²) in [6.07, 6.45) is 0. The molecule has 0 radical (unpaired) electrons. The van der Waals surface area contributed by atoms with Crippen molar-refractivity contribution in [3.05, 3.63) is 27.8 Å². The summed E-state index contributed by atoms with van der Waals surface area (Å²) in [5, 5.41) is 10.7. The van der Waals surface area contributed by atoms with E-state index in [1.807, 2.05) is 0 Å². The van der Waals surface area contributed by atoms with E-state index in [0.29, 0.717) is 6.61 Å². The maximum atomic E-state index is 11.4. The molecular weight excluding hydrogens is 228 g/mol. The minimum atomic E-state index is -0.712. The first-order chi connectivity index (χ1) is 8.01. The number of rotatable bonds is 4. The highest BCUT2D eigenvalue weighted by Gasteiger charge is 2.21. The minimum absolute atomic E-state index is 0.0183. The van der Waals surface area contributed by atoms with Crippen LogP contribution in [0, 0.1) is 10.1 Å². The number of ether oxygens (including phenoxy) is 2. The van der Waals surface area contributed by atoms with E-state index in [-0.39, 0.29) is 22.7 Å². The Morgan fingerprint density at radius 1 is 1.53 bits per heavy atom. The quantitative estimate of drug-likeness (QED) is 0.368. The number of nitro groups is 1. The molecule has 1 aromatic carbocycles. The molecule has 0 aromatic heterocycles. The SMILES string of the molecule is CCOc1cc(N)c([N+](=O)[O-])cc1C(=O)OC. The maximum absolute atomic E-state index is 11.4. The third-order valence-electron chi connectivity index (χ3n) is 2.03. The molecule has 0 atom stereocenters. The lowest BCUT2D eigenvalue weighted by Gasteiger charge is -2.09. The summed E-state index contributed by atoms with van der Waals surface area (Å²) >= 11 is 0. The fourth-order valence-electron chi connectivity index (χ4n) is 1.29. The number of carbonyl (C=O) groups excluding carboxylic acids is 1. The van der Waals surface area contributed by atoms with Gasteiger partial charge in [-0.1, -0.05) is 0 Å². The van der Waals surface area contributed by atoms with Crippen LogP contribution in [0.5, 0.6) is 5.75 Å². The zero-order valence-electron chi connectivity index (χ0n) is 9.43. The van der Waals surface area contributed by atoms with E-state index in [0.717, 1.165) is 6.07 Å². The summed E-state index contributed by atoms with van der Waals surface area (Å²) in [5.74, 6) is -0.543. The third-order valence-corrected chi connectivity index (χ3v) is 2.03. The van der Waals surface area contributed by atoms with Gasteiger partial charge in [-0.3, -0.25) is 10.1 Å². The van der Waals surface area contributed by atoms with Crippen molar-refractivity contribution in [3.8, 4) is 5.75 Å². The topological polar surface area (TPSA) is 105 Å². The lowest BCUT2D eigenvalue weighted by Crippen LogP contribution is -2.08. The maximum Gasteiger partial charge on any atom is 0.341 e. The van der Waals surface area contributed by atoms with E-state index in [9.17, 15) is 14.9 Å². The molecule has 2 N–H and O–H groups in total. The number of anilines is 1. The second kappa shape index (κ2) is 5.15. The number of carbonyl (C=O) groups is 1. The summed E-state index contributed by atoms with van der Waals surface area (Å²) in [4.78, 5) is 21.4. The van der Waals surface area contributed by atoms with Crippen LogP contribution in [0.3, 0.4) is 0 Å². The lowest BCUT2D eigenvalue weighted by molar-refractivity contribution is -0.383. The number of nitro benzene ring substituents is 1. The predicted octanol–water partition coefficient (Wildman–Crippen LogP) is 1.36. The molecule has 0 aliphatic rings. The molecule has 7 nitrogen and oxygen atoms in total. The fraction of sp³-hybridized carbons (Fsp3) is 0.300. The van der Waals surface area contributed by atoms with E-state index in [2.05, 4.69) is 4.74 Å². The van der Waals surface area contributed by atoms with Crippen LogP contribution in [0.4, 0.5) is 11.4 Å². The molecule has 7 heteroatoms. The number of benzene rings is 1. The van der Waals surface area contributed by atoms with Crippen molar-refractivity contribution in [1.29, 1.82) is 0 Å². The molecule has 0 unspecified atom stereocenters. The molecule has 92 valence electrons. The van der Waals surface area contributed by atoms with Crippen LogP contribution in [-0.2, 0) is 4.74 Å². The van der Waals surface area contributed by atoms with Crippen molar-refractivity contribution in [2.45, 2.75) is 6.92 Å². The second-order valence-corrected chi connectivity index (χ2v) is 3.09. The van der Waals surface area contributed by atoms with Crippen LogP contribution >= 0.6 is 0 Å². The van der Waals surface area contributed by atoms with E-state index in [1.165, 1.54) is 13.2 Å². The first kappa shape index (κ1) is 12.8. The molecule has 0 heterocycles. The number of nitrogen functional groups attached to an aromatic ring is 1. The van der Waals surface area contributed by atoms with E-state index >= 15 is 0 Å². The zero-order chi connectivity index (χ0) is 13.0. The van der Waals surface area contributed by atoms with Crippen molar-refractivity contribution in [1.82, 2.24) is 0 Å². The second-order valence-electron chi connectivity index (χ2n) is 3.09. The van der Waals surface area contributed by atoms with Gasteiger partial charge in [0.15, 0.2) is 0 Å². The first-order valence-electron chi connectivity index (χ1n) is 4.80. The Bertz CT molecular complexity index is 458. The van der Waals surface area contributed by atoms with Gasteiger partial charge in [-0.25, -0.2) is 4.79 Å². The molecule has 0 saturated heterocycles. The Kier molecular flexibility index (Phi) is 3.86. The van der Waals surface area contributed by atoms with Gasteiger partial charge in [-0.05, 0) is 6.92 Å². The van der Waals surface area contributed by atoms with Gasteiger partial charge in [0, 0.05) is 12.1 Å². The largest absolute Gasteiger partial charge is 0.493 e. The fourth-order valence-corrected chi connectivity index (χ4v) is 1.29. The molecule has 0 amide bonds. The number of hydrogen-bond acceptors (Lipinski definition) is 6. The van der Waals surface area contributed by atoms with Gasteiger partial charge in [0.1, 0.15) is 17.0 Å². The van der Waals surface area contributed by atoms with Crippen LogP contribution < -0.4 is 10.5 Å². The smallest absolute Gasteiger partial charge is 0.341 e. The molecule has 0 aliphatic carbocycles. The van der Waals surface area contributed by atoms with Crippen molar-refractivity contribution < 1.29 is 19.2 Å². The van der Waals surface area contributed by atoms with Gasteiger partial charge >= 0.3 is 5.97 Å². The molecule has 0 saturated carbocycles. The highest BCUT2D eigenvalue weighted by molar-refractivity contribution is 5.94. The summed E-state index contributed by atoms with van der Waals surface area (Å²) < 4.78 is 9.69. The van der Waals surface area contributed by atoms with Crippen molar-refractivity contribution in [2.24, 2.45) is 0 Å². The van der Waals surface area contributed by atoms with Crippen LogP contribution in [0.2, 0.25) is 0 Å². The molecule has 0 aliphatic heterocycles. The summed E-state index contributed by atoms with van der Waals surface area (Å²) in [7, 11) is 1.18. The highest BCUT2D eigenvalue weighted by atomic mass is 16.6. The van der Waals surface area contributed by atoms with Gasteiger partial charge in [0.2, 0.25) is 0 Å². The van der Waals surface area contributed by atoms with Crippen molar-refractivity contribution in [2.75, 3.05) is 19.5 Å². The van der Waals surface area contributed by atoms with Gasteiger partial charge in [-0.2, -0.15) is 0 Å². The van der Waals surface area contributed by atoms with E-state index in [4.69, 9.17) is 10.5 Å². The molecule has 0 bridgehead atoms. The number of esters is 1. The van der Waals surface area contributed by atoms with Crippen LogP contribution in [-0.4, -0.2) is 24.6 Å². The zero-order valence-corrected chi connectivity index (χ0v) is 9.43. The number of nitrogens with two attached hydrogens (primary N) is 1. The third kappa shape index (κ3) is 2.63. The van der Waals surface area contributed by atoms with Gasteiger partial charge < -0.3 is 15.2 Å². The van der Waals surface area contributed by atoms with Gasteiger partial charge in [0.25, 0.3) is 5.69 Å². The van der Waals surface area contributed by atoms with E-state index < -0.39 is 10.9 Å². The predicted molar refractivity (Wildman–Crippen MR) is 60.0 cm³/mol. The first-order valence-corrected chi connectivity index (χ1v) is 4.80. The molecule has 0 fully saturated rings. The van der Waals surface area contributed by atoms with Gasteiger partial charge in [-0.15, -0.1) is 0 Å². The molecule has 17 heavy (non-hydrogen) atoms. The highest BCUT2D eigenvalue weighted by Crippen LogP contribution is 2.31. The average molecular weight is 240 g/mol. The summed E-state index contributed by atoms with van der Waals surface area (Å²) in [6, 6.07) is 2.29. The van der Waals surface area contributed by atoms with Crippen LogP contribution in [0.25, 0.3) is 0 Å². The average Bonchev–Trinajstić information content (AvgIpc) is 2.28. The lowest BCUT2D eigenvalue weighted by atomic mass is 10.1.